The van der Waals surface area contributed by atoms with Crippen molar-refractivity contribution < 1.29 is 36.3 Å². The van der Waals surface area contributed by atoms with E-state index < -0.39 is 54.0 Å². The minimum absolute atomic E-state index is 0.172. The predicted molar refractivity (Wildman–Crippen MR) is 139 cm³/mol. The molecule has 1 aromatic carbocycles. The number of methoxy groups -OCH3 is 1. The average Bonchev–Trinajstić information content (AvgIpc) is 3.37. The minimum Gasteiger partial charge on any atom is -0.760 e. The Bertz CT molecular complexity index is 1200. The van der Waals surface area contributed by atoms with Crippen LogP contribution in [-0.2, 0) is 33.6 Å². The molecule has 1 aliphatic carbocycles. The maximum Gasteiger partial charge on any atom is 0.407 e. The summed E-state index contributed by atoms with van der Waals surface area (Å²) in [6.07, 6.45) is -0.398. The number of hydrogen-bond donors (Lipinski definition) is 3. The van der Waals surface area contributed by atoms with Crippen molar-refractivity contribution in [2.24, 2.45) is 0 Å². The summed E-state index contributed by atoms with van der Waals surface area (Å²) in [5, 5.41) is 7.36. The molecule has 0 radical (unpaired) electrons. The molecule has 3 rings (SSSR count). The average molecular weight is 586 g/mol. The second kappa shape index (κ2) is 14.4. The fourth-order valence-electron chi connectivity index (χ4n) is 3.86. The van der Waals surface area contributed by atoms with Gasteiger partial charge in [0.05, 0.1) is 18.8 Å². The van der Waals surface area contributed by atoms with E-state index >= 15 is 0 Å². The molecule has 2 amide bonds. The van der Waals surface area contributed by atoms with Crippen LogP contribution in [0, 0.1) is 0 Å². The summed E-state index contributed by atoms with van der Waals surface area (Å²) >= 11 is -1.30. The fraction of sp³-hybridized carbons (Fsp3) is 0.400. The quantitative estimate of drug-likeness (QED) is 0.325. The SMILES string of the molecule is COC(=O)N[C@@H](Cc1ccccc1)C(=O)N[C@@H](CC1=CCC(NS(=O)[O-])C=C1)c1nc(CCC(F)(F)F)cs1. The molecule has 0 aliphatic heterocycles. The Morgan fingerprint density at radius 2 is 1.97 bits per heavy atom. The van der Waals surface area contributed by atoms with Crippen LogP contribution < -0.4 is 15.4 Å². The van der Waals surface area contributed by atoms with E-state index in [4.69, 9.17) is 0 Å². The number of aryl methyl sites for hydroxylation is 1. The van der Waals surface area contributed by atoms with Gasteiger partial charge in [-0.1, -0.05) is 48.6 Å². The highest BCUT2D eigenvalue weighted by Crippen LogP contribution is 2.29. The molecule has 2 aromatic rings. The number of alkyl carbamates (subject to hydrolysis) is 1. The van der Waals surface area contributed by atoms with Crippen molar-refractivity contribution in [2.75, 3.05) is 7.11 Å². The monoisotopic (exact) mass is 585 g/mol. The van der Waals surface area contributed by atoms with Crippen LogP contribution in [0.15, 0.2) is 59.5 Å². The molecule has 1 aliphatic rings. The van der Waals surface area contributed by atoms with E-state index in [-0.39, 0.29) is 25.0 Å². The number of carbonyl (C=O) groups excluding carboxylic acids is 2. The van der Waals surface area contributed by atoms with Crippen LogP contribution in [0.2, 0.25) is 0 Å². The maximum absolute atomic E-state index is 13.4. The van der Waals surface area contributed by atoms with E-state index in [1.807, 2.05) is 24.3 Å². The molecule has 14 heteroatoms. The highest BCUT2D eigenvalue weighted by molar-refractivity contribution is 7.77. The van der Waals surface area contributed by atoms with Gasteiger partial charge >= 0.3 is 12.3 Å². The number of allylic oxidation sites excluding steroid dienone is 1. The van der Waals surface area contributed by atoms with Gasteiger partial charge in [0.1, 0.15) is 11.0 Å². The van der Waals surface area contributed by atoms with Gasteiger partial charge in [-0.15, -0.1) is 11.3 Å². The molecule has 0 saturated carbocycles. The van der Waals surface area contributed by atoms with Crippen LogP contribution in [0.3, 0.4) is 0 Å². The number of thiazole rings is 1. The fourth-order valence-corrected chi connectivity index (χ4v) is 5.19. The lowest BCUT2D eigenvalue weighted by Gasteiger charge is -2.24. The highest BCUT2D eigenvalue weighted by atomic mass is 32.2. The van der Waals surface area contributed by atoms with Gasteiger partial charge in [-0.2, -0.15) is 13.2 Å². The van der Waals surface area contributed by atoms with Gasteiger partial charge in [0.15, 0.2) is 0 Å². The Kier molecular flexibility index (Phi) is 11.2. The van der Waals surface area contributed by atoms with Crippen LogP contribution in [0.4, 0.5) is 18.0 Å². The number of nitrogens with zero attached hydrogens (tertiary/aromatic N) is 1. The van der Waals surface area contributed by atoms with Gasteiger partial charge in [-0.3, -0.25) is 9.00 Å². The Labute approximate surface area is 230 Å². The topological polar surface area (TPSA) is 132 Å². The number of alkyl halides is 3. The van der Waals surface area contributed by atoms with Gasteiger partial charge in [0.25, 0.3) is 0 Å². The smallest absolute Gasteiger partial charge is 0.407 e. The van der Waals surface area contributed by atoms with Crippen molar-refractivity contribution in [3.63, 3.8) is 0 Å². The number of ether oxygens (including phenoxy) is 1. The summed E-state index contributed by atoms with van der Waals surface area (Å²) in [5.74, 6) is -0.525. The second-order valence-electron chi connectivity index (χ2n) is 8.77. The number of nitrogens with one attached hydrogen (secondary N) is 3. The normalized spacial score (nSPS) is 17.6. The van der Waals surface area contributed by atoms with Gasteiger partial charge < -0.3 is 19.9 Å². The number of halogens is 3. The zero-order valence-corrected chi connectivity index (χ0v) is 22.5. The molecule has 1 heterocycles. The van der Waals surface area contributed by atoms with Crippen LogP contribution >= 0.6 is 11.3 Å². The molecule has 39 heavy (non-hydrogen) atoms. The number of benzene rings is 1. The molecular weight excluding hydrogens is 557 g/mol. The molecule has 1 aromatic heterocycles. The van der Waals surface area contributed by atoms with Crippen LogP contribution in [-0.4, -0.2) is 51.1 Å². The van der Waals surface area contributed by atoms with Crippen molar-refractivity contribution in [1.29, 1.82) is 0 Å². The standard InChI is InChI=1S/C25H29F3N4O5S2/c1-37-24(34)31-20(13-16-5-3-2-4-6-16)22(33)30-21(14-17-7-9-18(10-8-17)32-39(35)36)23-29-19(15-38-23)11-12-25(26,27)28/h2-9,15,18,20-21,32H,10-14H2,1H3,(H,30,33)(H,31,34)(H,35,36)/p-1/t18?,20-,21-/m0/s1. The van der Waals surface area contributed by atoms with Crippen molar-refractivity contribution in [3.05, 3.63) is 75.8 Å². The molecule has 2 unspecified atom stereocenters. The predicted octanol–water partition coefficient (Wildman–Crippen LogP) is 3.79. The maximum atomic E-state index is 13.4. The number of aromatic nitrogens is 1. The van der Waals surface area contributed by atoms with E-state index in [0.717, 1.165) is 22.5 Å². The summed E-state index contributed by atoms with van der Waals surface area (Å²) in [6.45, 7) is 0. The summed E-state index contributed by atoms with van der Waals surface area (Å²) < 4.78 is 67.0. The minimum atomic E-state index is -4.32. The van der Waals surface area contributed by atoms with Crippen molar-refractivity contribution in [2.45, 2.75) is 56.4 Å². The lowest BCUT2D eigenvalue weighted by atomic mass is 9.97. The van der Waals surface area contributed by atoms with E-state index in [0.29, 0.717) is 11.4 Å². The lowest BCUT2D eigenvalue weighted by molar-refractivity contribution is -0.134. The number of hydrogen-bond acceptors (Lipinski definition) is 7. The Morgan fingerprint density at radius 1 is 1.23 bits per heavy atom. The zero-order valence-electron chi connectivity index (χ0n) is 20.9. The van der Waals surface area contributed by atoms with Crippen molar-refractivity contribution >= 4 is 34.6 Å². The molecular formula is C25H28F3N4O5S2-. The largest absolute Gasteiger partial charge is 0.760 e. The second-order valence-corrected chi connectivity index (χ2v) is 10.4. The van der Waals surface area contributed by atoms with E-state index in [2.05, 4.69) is 25.1 Å². The van der Waals surface area contributed by atoms with Crippen molar-refractivity contribution in [1.82, 2.24) is 20.3 Å². The molecule has 3 N–H and O–H groups in total. The molecule has 212 valence electrons. The van der Waals surface area contributed by atoms with Crippen LogP contribution in [0.25, 0.3) is 0 Å². The first-order valence-electron chi connectivity index (χ1n) is 11.9. The summed E-state index contributed by atoms with van der Waals surface area (Å²) in [7, 11) is 1.18. The Morgan fingerprint density at radius 3 is 2.59 bits per heavy atom. The Hall–Kier alpha value is -3.07. The van der Waals surface area contributed by atoms with E-state index in [1.165, 1.54) is 12.5 Å². The molecule has 0 fully saturated rings. The van der Waals surface area contributed by atoms with E-state index in [1.54, 1.807) is 24.3 Å². The molecule has 0 saturated heterocycles. The number of amides is 2. The molecule has 0 bridgehead atoms. The molecule has 9 nitrogen and oxygen atoms in total. The first-order chi connectivity index (χ1) is 18.5. The lowest BCUT2D eigenvalue weighted by Crippen LogP contribution is -2.49. The molecule has 4 atom stereocenters. The van der Waals surface area contributed by atoms with Crippen LogP contribution in [0.1, 0.15) is 41.6 Å². The Balaban J connectivity index is 1.80. The first-order valence-corrected chi connectivity index (χ1v) is 13.9. The van der Waals surface area contributed by atoms with Gasteiger partial charge in [-0.25, -0.2) is 14.5 Å². The number of rotatable bonds is 12. The first kappa shape index (κ1) is 30.5. The van der Waals surface area contributed by atoms with Gasteiger partial charge in [0.2, 0.25) is 5.91 Å². The third-order valence-electron chi connectivity index (χ3n) is 5.79. The van der Waals surface area contributed by atoms with Crippen molar-refractivity contribution in [3.8, 4) is 0 Å². The van der Waals surface area contributed by atoms with Crippen LogP contribution in [0.5, 0.6) is 0 Å². The highest BCUT2D eigenvalue weighted by Gasteiger charge is 2.29. The molecule has 0 spiro atoms. The zero-order chi connectivity index (χ0) is 28.4. The van der Waals surface area contributed by atoms with Gasteiger partial charge in [-0.05, 0) is 30.4 Å². The summed E-state index contributed by atoms with van der Waals surface area (Å²) in [5.41, 5.74) is 1.83. The summed E-state index contributed by atoms with van der Waals surface area (Å²) in [6, 6.07) is 6.92. The van der Waals surface area contributed by atoms with Gasteiger partial charge in [0, 0.05) is 35.5 Å². The number of carbonyl (C=O) groups is 2. The third kappa shape index (κ3) is 10.5. The van der Waals surface area contributed by atoms with E-state index in [9.17, 15) is 31.5 Å². The third-order valence-corrected chi connectivity index (χ3v) is 7.29. The summed E-state index contributed by atoms with van der Waals surface area (Å²) in [4.78, 5) is 29.7.